The minimum Gasteiger partial charge on any atom is -0.269 e. The molecular formula is C13H15N3O2S. The Morgan fingerprint density at radius 2 is 2.16 bits per heavy atom. The summed E-state index contributed by atoms with van der Waals surface area (Å²) in [5, 5.41) is 3.95. The standard InChI is InChI=1S/C13H15N3O2S/c1-2-6-11-12(19-16-14-11)13(17)15-18-9-10-7-4-3-5-8-10/h3-5,7-8H,2,6,9H2,1H3,(H,15,17). The molecule has 0 unspecified atom stereocenters. The van der Waals surface area contributed by atoms with Gasteiger partial charge in [0.15, 0.2) is 0 Å². The average Bonchev–Trinajstić information content (AvgIpc) is 2.89. The molecule has 0 radical (unpaired) electrons. The number of aryl methyl sites for hydroxylation is 1. The summed E-state index contributed by atoms with van der Waals surface area (Å²) >= 11 is 1.09. The number of rotatable bonds is 6. The van der Waals surface area contributed by atoms with Crippen LogP contribution < -0.4 is 5.48 Å². The Bertz CT molecular complexity index is 528. The fourth-order valence-electron chi connectivity index (χ4n) is 1.59. The topological polar surface area (TPSA) is 64.1 Å². The molecule has 19 heavy (non-hydrogen) atoms. The summed E-state index contributed by atoms with van der Waals surface area (Å²) < 4.78 is 3.80. The van der Waals surface area contributed by atoms with Gasteiger partial charge >= 0.3 is 0 Å². The van der Waals surface area contributed by atoms with Crippen LogP contribution in [0.2, 0.25) is 0 Å². The highest BCUT2D eigenvalue weighted by atomic mass is 32.1. The summed E-state index contributed by atoms with van der Waals surface area (Å²) in [7, 11) is 0. The molecule has 0 aliphatic carbocycles. The molecule has 1 heterocycles. The van der Waals surface area contributed by atoms with Crippen molar-refractivity contribution in [2.24, 2.45) is 0 Å². The first-order valence-electron chi connectivity index (χ1n) is 6.08. The zero-order valence-corrected chi connectivity index (χ0v) is 11.4. The van der Waals surface area contributed by atoms with Crippen molar-refractivity contribution in [3.63, 3.8) is 0 Å². The van der Waals surface area contributed by atoms with Crippen molar-refractivity contribution in [1.29, 1.82) is 0 Å². The van der Waals surface area contributed by atoms with Gasteiger partial charge in [-0.25, -0.2) is 5.48 Å². The van der Waals surface area contributed by atoms with Gasteiger partial charge in [0.05, 0.1) is 12.3 Å². The van der Waals surface area contributed by atoms with Crippen molar-refractivity contribution >= 4 is 17.4 Å². The molecule has 0 saturated carbocycles. The van der Waals surface area contributed by atoms with Crippen molar-refractivity contribution in [2.45, 2.75) is 26.4 Å². The second-order valence-corrected chi connectivity index (χ2v) is 4.76. The number of hydrogen-bond acceptors (Lipinski definition) is 5. The smallest absolute Gasteiger partial charge is 0.269 e. The molecule has 0 aliphatic rings. The van der Waals surface area contributed by atoms with Gasteiger partial charge in [-0.05, 0) is 23.5 Å². The summed E-state index contributed by atoms with van der Waals surface area (Å²) in [5.41, 5.74) is 4.15. The molecule has 0 atom stereocenters. The zero-order valence-electron chi connectivity index (χ0n) is 10.6. The van der Waals surface area contributed by atoms with Crippen molar-refractivity contribution in [1.82, 2.24) is 15.1 Å². The van der Waals surface area contributed by atoms with Crippen molar-refractivity contribution in [3.8, 4) is 0 Å². The van der Waals surface area contributed by atoms with Crippen molar-refractivity contribution < 1.29 is 9.63 Å². The molecule has 100 valence electrons. The third-order valence-electron chi connectivity index (χ3n) is 2.50. The van der Waals surface area contributed by atoms with Crippen LogP contribution in [0.5, 0.6) is 0 Å². The quantitative estimate of drug-likeness (QED) is 0.823. The first-order valence-corrected chi connectivity index (χ1v) is 6.86. The maximum absolute atomic E-state index is 11.9. The molecule has 6 heteroatoms. The lowest BCUT2D eigenvalue weighted by atomic mass is 10.2. The zero-order chi connectivity index (χ0) is 13.5. The highest BCUT2D eigenvalue weighted by molar-refractivity contribution is 7.07. The van der Waals surface area contributed by atoms with Gasteiger partial charge in [0.1, 0.15) is 4.88 Å². The van der Waals surface area contributed by atoms with E-state index in [2.05, 4.69) is 15.1 Å². The Balaban J connectivity index is 1.86. The second kappa shape index (κ2) is 6.96. The molecule has 1 aromatic heterocycles. The molecule has 2 rings (SSSR count). The summed E-state index contributed by atoms with van der Waals surface area (Å²) in [5.74, 6) is -0.283. The molecule has 1 amide bonds. The molecule has 0 bridgehead atoms. The summed E-state index contributed by atoms with van der Waals surface area (Å²) in [4.78, 5) is 17.6. The SMILES string of the molecule is CCCc1nnsc1C(=O)NOCc1ccccc1. The number of amides is 1. The van der Waals surface area contributed by atoms with Crippen molar-refractivity contribution in [2.75, 3.05) is 0 Å². The first-order chi connectivity index (χ1) is 9.31. The Morgan fingerprint density at radius 1 is 1.37 bits per heavy atom. The lowest BCUT2D eigenvalue weighted by molar-refractivity contribution is 0.0236. The predicted octanol–water partition coefficient (Wildman–Crippen LogP) is 2.35. The Labute approximate surface area is 115 Å². The number of aromatic nitrogens is 2. The van der Waals surface area contributed by atoms with E-state index < -0.39 is 0 Å². The van der Waals surface area contributed by atoms with Crippen LogP contribution in [-0.2, 0) is 17.9 Å². The van der Waals surface area contributed by atoms with Crippen LogP contribution in [0.4, 0.5) is 0 Å². The van der Waals surface area contributed by atoms with E-state index in [9.17, 15) is 4.79 Å². The Hall–Kier alpha value is -1.79. The predicted molar refractivity (Wildman–Crippen MR) is 72.6 cm³/mol. The van der Waals surface area contributed by atoms with E-state index in [0.717, 1.165) is 35.6 Å². The highest BCUT2D eigenvalue weighted by Crippen LogP contribution is 2.12. The van der Waals surface area contributed by atoms with Crippen LogP contribution in [0, 0.1) is 0 Å². The van der Waals surface area contributed by atoms with Gasteiger partial charge < -0.3 is 0 Å². The Kier molecular flexibility index (Phi) is 5.00. The number of benzene rings is 1. The normalized spacial score (nSPS) is 10.4. The lowest BCUT2D eigenvalue weighted by Gasteiger charge is -2.05. The maximum atomic E-state index is 11.9. The van der Waals surface area contributed by atoms with E-state index >= 15 is 0 Å². The molecular weight excluding hydrogens is 262 g/mol. The lowest BCUT2D eigenvalue weighted by Crippen LogP contribution is -2.23. The highest BCUT2D eigenvalue weighted by Gasteiger charge is 2.15. The maximum Gasteiger partial charge on any atom is 0.288 e. The molecule has 1 aromatic carbocycles. The number of hydrogen-bond donors (Lipinski definition) is 1. The third kappa shape index (κ3) is 3.84. The van der Waals surface area contributed by atoms with E-state index in [1.54, 1.807) is 0 Å². The number of carbonyl (C=O) groups excluding carboxylic acids is 1. The molecule has 1 N–H and O–H groups in total. The fourth-order valence-corrected chi connectivity index (χ4v) is 2.18. The molecule has 0 spiro atoms. The first kappa shape index (κ1) is 13.6. The van der Waals surface area contributed by atoms with E-state index in [-0.39, 0.29) is 5.91 Å². The number of nitrogens with one attached hydrogen (secondary N) is 1. The molecule has 0 fully saturated rings. The molecule has 5 nitrogen and oxygen atoms in total. The van der Waals surface area contributed by atoms with Gasteiger partial charge in [0.25, 0.3) is 5.91 Å². The molecule has 0 saturated heterocycles. The van der Waals surface area contributed by atoms with Crippen LogP contribution in [0.25, 0.3) is 0 Å². The van der Waals surface area contributed by atoms with Crippen LogP contribution >= 0.6 is 11.5 Å². The van der Waals surface area contributed by atoms with E-state index in [1.165, 1.54) is 0 Å². The van der Waals surface area contributed by atoms with Crippen LogP contribution in [0.15, 0.2) is 30.3 Å². The van der Waals surface area contributed by atoms with Crippen molar-refractivity contribution in [3.05, 3.63) is 46.5 Å². The summed E-state index contributed by atoms with van der Waals surface area (Å²) in [6, 6.07) is 9.65. The average molecular weight is 277 g/mol. The monoisotopic (exact) mass is 277 g/mol. The van der Waals surface area contributed by atoms with E-state index in [4.69, 9.17) is 4.84 Å². The Morgan fingerprint density at radius 3 is 2.89 bits per heavy atom. The van der Waals surface area contributed by atoms with E-state index in [1.807, 2.05) is 37.3 Å². The van der Waals surface area contributed by atoms with Gasteiger partial charge in [-0.1, -0.05) is 48.2 Å². The number of hydroxylamine groups is 1. The molecule has 2 aromatic rings. The van der Waals surface area contributed by atoms with Gasteiger partial charge in [0, 0.05) is 0 Å². The summed E-state index contributed by atoms with van der Waals surface area (Å²) in [6.07, 6.45) is 1.68. The number of carbonyl (C=O) groups is 1. The minimum atomic E-state index is -0.283. The van der Waals surface area contributed by atoms with Gasteiger partial charge in [-0.2, -0.15) is 0 Å². The van der Waals surface area contributed by atoms with Gasteiger partial charge in [-0.15, -0.1) is 5.10 Å². The van der Waals surface area contributed by atoms with Crippen LogP contribution in [0.1, 0.15) is 34.3 Å². The van der Waals surface area contributed by atoms with Gasteiger partial charge in [-0.3, -0.25) is 9.63 Å². The van der Waals surface area contributed by atoms with E-state index in [0.29, 0.717) is 11.5 Å². The molecule has 0 aliphatic heterocycles. The van der Waals surface area contributed by atoms with Crippen LogP contribution in [0.3, 0.4) is 0 Å². The minimum absolute atomic E-state index is 0.283. The fraction of sp³-hybridized carbons (Fsp3) is 0.308. The van der Waals surface area contributed by atoms with Gasteiger partial charge in [0.2, 0.25) is 0 Å². The van der Waals surface area contributed by atoms with Crippen LogP contribution in [-0.4, -0.2) is 15.5 Å². The largest absolute Gasteiger partial charge is 0.288 e. The second-order valence-electron chi connectivity index (χ2n) is 4.00. The summed E-state index contributed by atoms with van der Waals surface area (Å²) in [6.45, 7) is 2.37. The third-order valence-corrected chi connectivity index (χ3v) is 3.26. The number of nitrogens with zero attached hydrogens (tertiary/aromatic N) is 2.